The van der Waals surface area contributed by atoms with Crippen LogP contribution in [0, 0.1) is 12.3 Å². The minimum absolute atomic E-state index is 0.204. The molecule has 1 aromatic carbocycles. The maximum absolute atomic E-state index is 12.4. The summed E-state index contributed by atoms with van der Waals surface area (Å²) in [6, 6.07) is 6.72. The highest BCUT2D eigenvalue weighted by Crippen LogP contribution is 2.22. The van der Waals surface area contributed by atoms with E-state index in [2.05, 4.69) is 15.6 Å². The summed E-state index contributed by atoms with van der Waals surface area (Å²) in [5.41, 5.74) is -0.936. The summed E-state index contributed by atoms with van der Waals surface area (Å²) in [5.74, 6) is 2.41. The van der Waals surface area contributed by atoms with Crippen molar-refractivity contribution in [3.8, 4) is 12.3 Å². The van der Waals surface area contributed by atoms with Crippen molar-refractivity contribution < 1.29 is 8.42 Å². The lowest BCUT2D eigenvalue weighted by molar-refractivity contribution is 0.540. The number of terminal acetylenes is 1. The van der Waals surface area contributed by atoms with Crippen molar-refractivity contribution in [3.05, 3.63) is 36.7 Å². The second-order valence-corrected chi connectivity index (χ2v) is 6.38. The molecule has 98 valence electrons. The molecule has 0 atom stereocenters. The molecule has 19 heavy (non-hydrogen) atoms. The van der Waals surface area contributed by atoms with Gasteiger partial charge in [-0.05, 0) is 26.0 Å². The minimum atomic E-state index is -3.68. The van der Waals surface area contributed by atoms with E-state index >= 15 is 0 Å². The standard InChI is InChI=1S/C14H14N2O2S/c1-4-14(2,3)16-19(17,18)13-7-5-6-11-10-15-9-8-12(11)13/h1,5-10,16H,2-3H3. The molecule has 0 saturated heterocycles. The van der Waals surface area contributed by atoms with Gasteiger partial charge >= 0.3 is 0 Å². The van der Waals surface area contributed by atoms with Crippen molar-refractivity contribution in [1.29, 1.82) is 0 Å². The Hall–Kier alpha value is -1.90. The van der Waals surface area contributed by atoms with Gasteiger partial charge in [0.15, 0.2) is 0 Å². The Balaban J connectivity index is 2.59. The Bertz CT molecular complexity index is 753. The first-order valence-electron chi connectivity index (χ1n) is 5.70. The topological polar surface area (TPSA) is 59.1 Å². The van der Waals surface area contributed by atoms with Crippen LogP contribution in [0.2, 0.25) is 0 Å². The van der Waals surface area contributed by atoms with E-state index in [1.165, 1.54) is 0 Å². The van der Waals surface area contributed by atoms with Gasteiger partial charge in [-0.15, -0.1) is 6.42 Å². The monoisotopic (exact) mass is 274 g/mol. The molecular weight excluding hydrogens is 260 g/mol. The van der Waals surface area contributed by atoms with Crippen LogP contribution in [0.3, 0.4) is 0 Å². The first kappa shape index (κ1) is 13.5. The van der Waals surface area contributed by atoms with Crippen molar-refractivity contribution >= 4 is 20.8 Å². The number of hydrogen-bond acceptors (Lipinski definition) is 3. The van der Waals surface area contributed by atoms with Gasteiger partial charge in [-0.1, -0.05) is 18.1 Å². The highest BCUT2D eigenvalue weighted by molar-refractivity contribution is 7.89. The molecule has 0 saturated carbocycles. The number of rotatable bonds is 3. The van der Waals surface area contributed by atoms with Crippen molar-refractivity contribution in [2.45, 2.75) is 24.3 Å². The normalized spacial score (nSPS) is 12.3. The first-order chi connectivity index (χ1) is 8.86. The van der Waals surface area contributed by atoms with E-state index in [-0.39, 0.29) is 4.90 Å². The molecule has 2 rings (SSSR count). The molecular formula is C14H14N2O2S. The van der Waals surface area contributed by atoms with Gasteiger partial charge in [-0.2, -0.15) is 4.72 Å². The lowest BCUT2D eigenvalue weighted by Gasteiger charge is -2.20. The van der Waals surface area contributed by atoms with Gasteiger partial charge < -0.3 is 0 Å². The lowest BCUT2D eigenvalue weighted by atomic mass is 10.1. The third-order valence-electron chi connectivity index (χ3n) is 2.68. The van der Waals surface area contributed by atoms with E-state index in [0.717, 1.165) is 5.39 Å². The molecule has 0 aliphatic heterocycles. The lowest BCUT2D eigenvalue weighted by Crippen LogP contribution is -2.42. The van der Waals surface area contributed by atoms with Gasteiger partial charge in [0.2, 0.25) is 10.0 Å². The van der Waals surface area contributed by atoms with Crippen molar-refractivity contribution in [2.24, 2.45) is 0 Å². The predicted octanol–water partition coefficient (Wildman–Crippen LogP) is 1.92. The molecule has 4 nitrogen and oxygen atoms in total. The van der Waals surface area contributed by atoms with Crippen LogP contribution in [0.5, 0.6) is 0 Å². The third kappa shape index (κ3) is 2.75. The summed E-state index contributed by atoms with van der Waals surface area (Å²) < 4.78 is 27.3. The zero-order valence-electron chi connectivity index (χ0n) is 10.7. The molecule has 2 aromatic rings. The summed E-state index contributed by atoms with van der Waals surface area (Å²) >= 11 is 0. The molecule has 1 N–H and O–H groups in total. The second kappa shape index (κ2) is 4.65. The van der Waals surface area contributed by atoms with E-state index in [1.807, 2.05) is 6.07 Å². The highest BCUT2D eigenvalue weighted by Gasteiger charge is 2.25. The van der Waals surface area contributed by atoms with Crippen molar-refractivity contribution in [2.75, 3.05) is 0 Å². The Kier molecular flexibility index (Phi) is 3.31. The van der Waals surface area contributed by atoms with Gasteiger partial charge in [-0.3, -0.25) is 4.98 Å². The molecule has 5 heteroatoms. The van der Waals surface area contributed by atoms with Gasteiger partial charge in [0.05, 0.1) is 10.4 Å². The molecule has 0 radical (unpaired) electrons. The summed E-state index contributed by atoms with van der Waals surface area (Å²) in [4.78, 5) is 4.18. The van der Waals surface area contributed by atoms with E-state index < -0.39 is 15.6 Å². The molecule has 0 spiro atoms. The number of fused-ring (bicyclic) bond motifs is 1. The molecule has 1 aromatic heterocycles. The fourth-order valence-corrected chi connectivity index (χ4v) is 3.32. The third-order valence-corrected chi connectivity index (χ3v) is 4.39. The summed E-state index contributed by atoms with van der Waals surface area (Å²) in [6.45, 7) is 3.27. The average molecular weight is 274 g/mol. The van der Waals surface area contributed by atoms with Crippen LogP contribution in [-0.2, 0) is 10.0 Å². The fraction of sp³-hybridized carbons (Fsp3) is 0.214. The Morgan fingerprint density at radius 2 is 2.05 bits per heavy atom. The summed E-state index contributed by atoms with van der Waals surface area (Å²) in [5, 5.41) is 1.39. The quantitative estimate of drug-likeness (QED) is 0.870. The predicted molar refractivity (Wildman–Crippen MR) is 75.0 cm³/mol. The van der Waals surface area contributed by atoms with Gasteiger partial charge in [0, 0.05) is 23.2 Å². The van der Waals surface area contributed by atoms with Crippen LogP contribution < -0.4 is 4.72 Å². The second-order valence-electron chi connectivity index (χ2n) is 4.73. The average Bonchev–Trinajstić information content (AvgIpc) is 2.37. The van der Waals surface area contributed by atoms with Crippen molar-refractivity contribution in [1.82, 2.24) is 9.71 Å². The number of benzene rings is 1. The van der Waals surface area contributed by atoms with Gasteiger partial charge in [0.1, 0.15) is 0 Å². The number of nitrogens with one attached hydrogen (secondary N) is 1. The van der Waals surface area contributed by atoms with E-state index in [9.17, 15) is 8.42 Å². The fourth-order valence-electron chi connectivity index (χ4n) is 1.75. The number of pyridine rings is 1. The van der Waals surface area contributed by atoms with Crippen molar-refractivity contribution in [3.63, 3.8) is 0 Å². The Morgan fingerprint density at radius 1 is 1.32 bits per heavy atom. The maximum atomic E-state index is 12.4. The molecule has 1 heterocycles. The molecule has 0 amide bonds. The highest BCUT2D eigenvalue weighted by atomic mass is 32.2. The molecule has 0 unspecified atom stereocenters. The Morgan fingerprint density at radius 3 is 2.74 bits per heavy atom. The molecule has 0 fully saturated rings. The summed E-state index contributed by atoms with van der Waals surface area (Å²) in [7, 11) is -3.68. The van der Waals surface area contributed by atoms with Crippen LogP contribution >= 0.6 is 0 Å². The number of nitrogens with zero attached hydrogens (tertiary/aromatic N) is 1. The summed E-state index contributed by atoms with van der Waals surface area (Å²) in [6.07, 6.45) is 8.51. The van der Waals surface area contributed by atoms with Gasteiger partial charge in [-0.25, -0.2) is 8.42 Å². The maximum Gasteiger partial charge on any atom is 0.242 e. The van der Waals surface area contributed by atoms with Crippen LogP contribution in [0.1, 0.15) is 13.8 Å². The minimum Gasteiger partial charge on any atom is -0.264 e. The van der Waals surface area contributed by atoms with Gasteiger partial charge in [0.25, 0.3) is 0 Å². The first-order valence-corrected chi connectivity index (χ1v) is 7.18. The van der Waals surface area contributed by atoms with E-state index in [0.29, 0.717) is 5.39 Å². The Labute approximate surface area is 112 Å². The van der Waals surface area contributed by atoms with E-state index in [4.69, 9.17) is 6.42 Å². The molecule has 0 aliphatic rings. The SMILES string of the molecule is C#CC(C)(C)NS(=O)(=O)c1cccc2cnccc12. The number of hydrogen-bond donors (Lipinski definition) is 1. The molecule has 0 aliphatic carbocycles. The largest absolute Gasteiger partial charge is 0.264 e. The zero-order chi connectivity index (χ0) is 14.1. The van der Waals surface area contributed by atoms with Crippen LogP contribution in [0.15, 0.2) is 41.6 Å². The zero-order valence-corrected chi connectivity index (χ0v) is 11.5. The van der Waals surface area contributed by atoms with Crippen LogP contribution in [0.4, 0.5) is 0 Å². The van der Waals surface area contributed by atoms with Crippen LogP contribution in [0.25, 0.3) is 10.8 Å². The molecule has 0 bridgehead atoms. The number of aromatic nitrogens is 1. The smallest absolute Gasteiger partial charge is 0.242 e. The van der Waals surface area contributed by atoms with Crippen LogP contribution in [-0.4, -0.2) is 18.9 Å². The number of sulfonamides is 1. The van der Waals surface area contributed by atoms with E-state index in [1.54, 1.807) is 44.4 Å².